The van der Waals surface area contributed by atoms with Crippen molar-refractivity contribution in [2.75, 3.05) is 0 Å². The lowest BCUT2D eigenvalue weighted by atomic mass is 9.97. The van der Waals surface area contributed by atoms with E-state index in [0.717, 1.165) is 12.1 Å². The molecule has 2 rings (SSSR count). The van der Waals surface area contributed by atoms with Gasteiger partial charge in [0.15, 0.2) is 0 Å². The summed E-state index contributed by atoms with van der Waals surface area (Å²) in [6.45, 7) is 1.57. The molecule has 0 amide bonds. The first kappa shape index (κ1) is 13.6. The molecule has 0 spiro atoms. The molecule has 0 bridgehead atoms. The Morgan fingerprint density at radius 3 is 2.16 bits per heavy atom. The van der Waals surface area contributed by atoms with Crippen molar-refractivity contribution in [1.29, 1.82) is 0 Å². The predicted molar refractivity (Wildman–Crippen MR) is 66.7 cm³/mol. The second kappa shape index (κ2) is 5.42. The molecule has 0 saturated carbocycles. The number of halogens is 3. The van der Waals surface area contributed by atoms with Crippen LogP contribution in [-0.2, 0) is 0 Å². The molecule has 0 heterocycles. The predicted octanol–water partition coefficient (Wildman–Crippen LogP) is 2.97. The van der Waals surface area contributed by atoms with Crippen molar-refractivity contribution in [2.45, 2.75) is 13.0 Å². The van der Waals surface area contributed by atoms with Crippen LogP contribution in [0.25, 0.3) is 0 Å². The maximum Gasteiger partial charge on any atom is 0.131 e. The number of rotatable bonds is 3. The second-order valence-corrected chi connectivity index (χ2v) is 4.24. The SMILES string of the molecule is Cc1cc(C(NN)c2c(F)cccc2F)ccc1F. The Bertz CT molecular complexity index is 579. The molecular weight excluding hydrogens is 253 g/mol. The summed E-state index contributed by atoms with van der Waals surface area (Å²) in [6, 6.07) is 6.90. The monoisotopic (exact) mass is 266 g/mol. The maximum absolute atomic E-state index is 13.7. The van der Waals surface area contributed by atoms with Crippen molar-refractivity contribution in [3.8, 4) is 0 Å². The summed E-state index contributed by atoms with van der Waals surface area (Å²) in [5.74, 6) is 3.60. The summed E-state index contributed by atoms with van der Waals surface area (Å²) in [4.78, 5) is 0. The lowest BCUT2D eigenvalue weighted by molar-refractivity contribution is 0.510. The van der Waals surface area contributed by atoms with Gasteiger partial charge in [-0.1, -0.05) is 18.2 Å². The number of hydrogen-bond acceptors (Lipinski definition) is 2. The first-order valence-electron chi connectivity index (χ1n) is 5.70. The molecule has 2 aromatic rings. The van der Waals surface area contributed by atoms with Gasteiger partial charge in [-0.3, -0.25) is 5.84 Å². The van der Waals surface area contributed by atoms with E-state index in [9.17, 15) is 13.2 Å². The lowest BCUT2D eigenvalue weighted by Gasteiger charge is -2.18. The molecule has 2 aromatic carbocycles. The van der Waals surface area contributed by atoms with E-state index < -0.39 is 17.7 Å². The molecule has 0 aliphatic carbocycles. The second-order valence-electron chi connectivity index (χ2n) is 4.24. The van der Waals surface area contributed by atoms with Gasteiger partial charge in [-0.05, 0) is 36.2 Å². The van der Waals surface area contributed by atoms with Crippen LogP contribution >= 0.6 is 0 Å². The fraction of sp³-hybridized carbons (Fsp3) is 0.143. The van der Waals surface area contributed by atoms with E-state index in [4.69, 9.17) is 5.84 Å². The van der Waals surface area contributed by atoms with Gasteiger partial charge < -0.3 is 0 Å². The van der Waals surface area contributed by atoms with Gasteiger partial charge in [0.2, 0.25) is 0 Å². The zero-order valence-electron chi connectivity index (χ0n) is 10.3. The first-order chi connectivity index (χ1) is 9.04. The van der Waals surface area contributed by atoms with E-state index in [1.54, 1.807) is 6.92 Å². The van der Waals surface area contributed by atoms with E-state index in [1.807, 2.05) is 0 Å². The van der Waals surface area contributed by atoms with Gasteiger partial charge in [-0.25, -0.2) is 18.6 Å². The average Bonchev–Trinajstić information content (AvgIpc) is 2.37. The molecule has 3 N–H and O–H groups in total. The van der Waals surface area contributed by atoms with Crippen LogP contribution in [0.15, 0.2) is 36.4 Å². The molecule has 0 fully saturated rings. The highest BCUT2D eigenvalue weighted by atomic mass is 19.1. The van der Waals surface area contributed by atoms with Gasteiger partial charge >= 0.3 is 0 Å². The summed E-state index contributed by atoms with van der Waals surface area (Å²) < 4.78 is 40.7. The fourth-order valence-electron chi connectivity index (χ4n) is 1.98. The fourth-order valence-corrected chi connectivity index (χ4v) is 1.98. The van der Waals surface area contributed by atoms with Crippen LogP contribution in [-0.4, -0.2) is 0 Å². The number of hydrazine groups is 1. The smallest absolute Gasteiger partial charge is 0.131 e. The minimum absolute atomic E-state index is 0.184. The first-order valence-corrected chi connectivity index (χ1v) is 5.70. The Balaban J connectivity index is 2.53. The molecular formula is C14H13F3N2. The number of hydrogen-bond donors (Lipinski definition) is 2. The van der Waals surface area contributed by atoms with Crippen LogP contribution in [0.1, 0.15) is 22.7 Å². The zero-order chi connectivity index (χ0) is 14.0. The number of nitrogens with one attached hydrogen (secondary N) is 1. The Morgan fingerprint density at radius 2 is 1.63 bits per heavy atom. The standard InChI is InChI=1S/C14H13F3N2/c1-8-7-9(5-6-10(8)15)14(19-18)13-11(16)3-2-4-12(13)17/h2-7,14,19H,18H2,1H3. The van der Waals surface area contributed by atoms with Crippen molar-refractivity contribution in [3.05, 3.63) is 70.5 Å². The third-order valence-corrected chi connectivity index (χ3v) is 2.97. The molecule has 0 aliphatic heterocycles. The van der Waals surface area contributed by atoms with Crippen molar-refractivity contribution in [1.82, 2.24) is 5.43 Å². The highest BCUT2D eigenvalue weighted by molar-refractivity contribution is 5.35. The molecule has 1 unspecified atom stereocenters. The van der Waals surface area contributed by atoms with Crippen LogP contribution in [0, 0.1) is 24.4 Å². The van der Waals surface area contributed by atoms with Crippen LogP contribution in [0.4, 0.5) is 13.2 Å². The number of nitrogens with two attached hydrogens (primary N) is 1. The van der Waals surface area contributed by atoms with Crippen molar-refractivity contribution < 1.29 is 13.2 Å². The van der Waals surface area contributed by atoms with E-state index >= 15 is 0 Å². The van der Waals surface area contributed by atoms with Gasteiger partial charge in [0.25, 0.3) is 0 Å². The quantitative estimate of drug-likeness (QED) is 0.662. The molecule has 2 nitrogen and oxygen atoms in total. The Hall–Kier alpha value is -1.85. The van der Waals surface area contributed by atoms with Crippen molar-refractivity contribution in [3.63, 3.8) is 0 Å². The summed E-state index contributed by atoms with van der Waals surface area (Å²) in [5, 5.41) is 0. The summed E-state index contributed by atoms with van der Waals surface area (Å²) >= 11 is 0. The van der Waals surface area contributed by atoms with E-state index in [2.05, 4.69) is 5.43 Å². The topological polar surface area (TPSA) is 38.0 Å². The lowest BCUT2D eigenvalue weighted by Crippen LogP contribution is -2.30. The van der Waals surface area contributed by atoms with Crippen LogP contribution < -0.4 is 11.3 Å². The van der Waals surface area contributed by atoms with Crippen LogP contribution in [0.2, 0.25) is 0 Å². The molecule has 0 aromatic heterocycles. The maximum atomic E-state index is 13.7. The molecule has 100 valence electrons. The molecule has 5 heteroatoms. The molecule has 1 atom stereocenters. The Kier molecular flexibility index (Phi) is 3.87. The molecule has 0 saturated heterocycles. The third-order valence-electron chi connectivity index (χ3n) is 2.97. The van der Waals surface area contributed by atoms with E-state index in [1.165, 1.54) is 24.3 Å². The van der Waals surface area contributed by atoms with Gasteiger partial charge in [0.05, 0.1) is 6.04 Å². The number of aryl methyl sites for hydroxylation is 1. The van der Waals surface area contributed by atoms with E-state index in [0.29, 0.717) is 11.1 Å². The van der Waals surface area contributed by atoms with Gasteiger partial charge in [0, 0.05) is 5.56 Å². The highest BCUT2D eigenvalue weighted by Gasteiger charge is 2.21. The summed E-state index contributed by atoms with van der Waals surface area (Å²) in [5.41, 5.74) is 3.05. The largest absolute Gasteiger partial charge is 0.271 e. The zero-order valence-corrected chi connectivity index (χ0v) is 10.3. The molecule has 19 heavy (non-hydrogen) atoms. The van der Waals surface area contributed by atoms with Crippen molar-refractivity contribution in [2.24, 2.45) is 5.84 Å². The minimum atomic E-state index is -0.875. The highest BCUT2D eigenvalue weighted by Crippen LogP contribution is 2.27. The molecule has 0 radical (unpaired) electrons. The van der Waals surface area contributed by atoms with E-state index in [-0.39, 0.29) is 11.4 Å². The Morgan fingerprint density at radius 1 is 1.00 bits per heavy atom. The average molecular weight is 266 g/mol. The number of benzene rings is 2. The summed E-state index contributed by atoms with van der Waals surface area (Å²) in [6.07, 6.45) is 0. The van der Waals surface area contributed by atoms with Gasteiger partial charge in [-0.2, -0.15) is 0 Å². The minimum Gasteiger partial charge on any atom is -0.271 e. The summed E-state index contributed by atoms with van der Waals surface area (Å²) in [7, 11) is 0. The molecule has 0 aliphatic rings. The van der Waals surface area contributed by atoms with Crippen LogP contribution in [0.5, 0.6) is 0 Å². The normalized spacial score (nSPS) is 12.5. The third kappa shape index (κ3) is 2.62. The van der Waals surface area contributed by atoms with Crippen molar-refractivity contribution >= 4 is 0 Å². The van der Waals surface area contributed by atoms with Crippen LogP contribution in [0.3, 0.4) is 0 Å². The Labute approximate surface area is 109 Å². The van der Waals surface area contributed by atoms with Gasteiger partial charge in [-0.15, -0.1) is 0 Å². The van der Waals surface area contributed by atoms with Gasteiger partial charge in [0.1, 0.15) is 17.5 Å².